The Labute approximate surface area is 110 Å². The Bertz CT molecular complexity index is 329. The number of nitrogens with zero attached hydrogens (tertiary/aromatic N) is 6. The van der Waals surface area contributed by atoms with Gasteiger partial charge in [0.1, 0.15) is 0 Å². The maximum absolute atomic E-state index is 9.32. The van der Waals surface area contributed by atoms with Gasteiger partial charge in [0, 0.05) is 9.82 Å². The molecule has 0 bridgehead atoms. The molecule has 0 aromatic rings. The fourth-order valence-electron chi connectivity index (χ4n) is 1.06. The van der Waals surface area contributed by atoms with Gasteiger partial charge in [-0.25, -0.2) is 0 Å². The second-order valence-corrected chi connectivity index (χ2v) is 3.82. The largest absolute Gasteiger partial charge is 0.391 e. The lowest BCUT2D eigenvalue weighted by Gasteiger charge is -2.16. The molecule has 0 saturated carbocycles. The Kier molecular flexibility index (Phi) is 10.6. The maximum atomic E-state index is 9.32. The van der Waals surface area contributed by atoms with E-state index in [1.807, 2.05) is 0 Å². The van der Waals surface area contributed by atoms with Gasteiger partial charge in [-0.1, -0.05) is 10.2 Å². The van der Waals surface area contributed by atoms with Gasteiger partial charge in [0.25, 0.3) is 0 Å². The topological polar surface area (TPSA) is 156 Å². The number of hydrogen-bond donors (Lipinski definition) is 2. The van der Waals surface area contributed by atoms with E-state index in [0.29, 0.717) is 0 Å². The summed E-state index contributed by atoms with van der Waals surface area (Å²) in [5, 5.41) is 25.0. The van der Waals surface area contributed by atoms with Crippen LogP contribution in [0.25, 0.3) is 20.9 Å². The predicted octanol–water partition coefficient (Wildman–Crippen LogP) is 0.750. The van der Waals surface area contributed by atoms with Gasteiger partial charge in [-0.3, -0.25) is 0 Å². The summed E-state index contributed by atoms with van der Waals surface area (Å²) < 4.78 is 10.4. The predicted molar refractivity (Wildman–Crippen MR) is 66.3 cm³/mol. The van der Waals surface area contributed by atoms with E-state index in [9.17, 15) is 10.2 Å². The van der Waals surface area contributed by atoms with Gasteiger partial charge in [0.2, 0.25) is 0 Å². The highest BCUT2D eigenvalue weighted by Gasteiger charge is 2.09. The zero-order valence-corrected chi connectivity index (χ0v) is 10.7. The lowest BCUT2D eigenvalue weighted by molar-refractivity contribution is -0.0515. The first kappa shape index (κ1) is 17.5. The van der Waals surface area contributed by atoms with E-state index in [1.54, 1.807) is 6.92 Å². The summed E-state index contributed by atoms with van der Waals surface area (Å²) in [7, 11) is 0. The first-order chi connectivity index (χ1) is 9.10. The third kappa shape index (κ3) is 11.3. The number of aliphatic hydroxyl groups is 2. The first-order valence-electron chi connectivity index (χ1n) is 5.67. The highest BCUT2D eigenvalue weighted by atomic mass is 16.5. The summed E-state index contributed by atoms with van der Waals surface area (Å²) in [6.07, 6.45) is -1.99. The Hall–Kier alpha value is -1.54. The summed E-state index contributed by atoms with van der Waals surface area (Å²) in [6, 6.07) is 0. The Morgan fingerprint density at radius 2 is 1.53 bits per heavy atom. The molecular formula is C9H18N6O4. The Morgan fingerprint density at radius 1 is 1.00 bits per heavy atom. The molecule has 0 saturated heterocycles. The van der Waals surface area contributed by atoms with Crippen LogP contribution in [0.5, 0.6) is 0 Å². The molecule has 3 atom stereocenters. The fourth-order valence-corrected chi connectivity index (χ4v) is 1.06. The van der Waals surface area contributed by atoms with Gasteiger partial charge < -0.3 is 19.7 Å². The van der Waals surface area contributed by atoms with Crippen molar-refractivity contribution in [1.82, 2.24) is 0 Å². The zero-order valence-electron chi connectivity index (χ0n) is 10.7. The second kappa shape index (κ2) is 11.5. The minimum atomic E-state index is -0.853. The molecule has 0 amide bonds. The van der Waals surface area contributed by atoms with Crippen molar-refractivity contribution in [2.45, 2.75) is 25.2 Å². The van der Waals surface area contributed by atoms with Crippen LogP contribution in [0.15, 0.2) is 10.2 Å². The summed E-state index contributed by atoms with van der Waals surface area (Å²) in [6.45, 7) is 1.94. The van der Waals surface area contributed by atoms with Crippen LogP contribution in [-0.2, 0) is 9.47 Å². The van der Waals surface area contributed by atoms with Crippen LogP contribution in [-0.4, -0.2) is 61.4 Å². The average molecular weight is 274 g/mol. The molecule has 0 spiro atoms. The fraction of sp³-hybridized carbons (Fsp3) is 1.00. The quantitative estimate of drug-likeness (QED) is 0.323. The zero-order chi connectivity index (χ0) is 14.5. The van der Waals surface area contributed by atoms with Crippen molar-refractivity contribution >= 4 is 0 Å². The van der Waals surface area contributed by atoms with Crippen molar-refractivity contribution in [3.8, 4) is 0 Å². The smallest absolute Gasteiger partial charge is 0.0830 e. The van der Waals surface area contributed by atoms with Crippen LogP contribution in [0.3, 0.4) is 0 Å². The van der Waals surface area contributed by atoms with Crippen molar-refractivity contribution in [2.24, 2.45) is 10.2 Å². The van der Waals surface area contributed by atoms with Crippen LogP contribution >= 0.6 is 0 Å². The summed E-state index contributed by atoms with van der Waals surface area (Å²) in [5.74, 6) is 0. The average Bonchev–Trinajstić information content (AvgIpc) is 2.40. The maximum Gasteiger partial charge on any atom is 0.0830 e. The molecule has 10 heteroatoms. The van der Waals surface area contributed by atoms with E-state index >= 15 is 0 Å². The van der Waals surface area contributed by atoms with E-state index in [-0.39, 0.29) is 39.0 Å². The minimum Gasteiger partial charge on any atom is -0.391 e. The van der Waals surface area contributed by atoms with E-state index in [1.165, 1.54) is 0 Å². The van der Waals surface area contributed by atoms with Crippen LogP contribution in [0, 0.1) is 0 Å². The minimum absolute atomic E-state index is 0.0326. The Balaban J connectivity index is 3.60. The summed E-state index contributed by atoms with van der Waals surface area (Å²) in [5.41, 5.74) is 16.1. The van der Waals surface area contributed by atoms with Gasteiger partial charge in [-0.15, -0.1) is 0 Å². The molecule has 0 radical (unpaired) electrons. The molecule has 0 heterocycles. The van der Waals surface area contributed by atoms with Crippen LogP contribution in [0.2, 0.25) is 0 Å². The number of azide groups is 2. The molecule has 108 valence electrons. The lowest BCUT2D eigenvalue weighted by Crippen LogP contribution is -2.27. The monoisotopic (exact) mass is 274 g/mol. The molecule has 0 rings (SSSR count). The van der Waals surface area contributed by atoms with E-state index in [0.717, 1.165) is 0 Å². The van der Waals surface area contributed by atoms with Crippen LogP contribution in [0.4, 0.5) is 0 Å². The third-order valence-electron chi connectivity index (χ3n) is 1.95. The summed E-state index contributed by atoms with van der Waals surface area (Å²) >= 11 is 0. The molecular weight excluding hydrogens is 256 g/mol. The van der Waals surface area contributed by atoms with Crippen molar-refractivity contribution < 1.29 is 19.7 Å². The standard InChI is InChI=1S/C9H18N6O4/c1-7(19-6-9(17)3-13-15-11)4-18-5-8(16)2-12-14-10/h7-9,16-17H,2-6H2,1H3. The second-order valence-electron chi connectivity index (χ2n) is 3.82. The van der Waals surface area contributed by atoms with Crippen LogP contribution in [0.1, 0.15) is 6.92 Å². The molecule has 10 nitrogen and oxygen atoms in total. The molecule has 0 aliphatic carbocycles. The molecule has 0 aliphatic heterocycles. The summed E-state index contributed by atoms with van der Waals surface area (Å²) in [4.78, 5) is 5.03. The lowest BCUT2D eigenvalue weighted by atomic mass is 10.3. The molecule has 0 aromatic carbocycles. The van der Waals surface area contributed by atoms with Crippen molar-refractivity contribution in [2.75, 3.05) is 32.9 Å². The number of ether oxygens (including phenoxy) is 2. The number of rotatable bonds is 11. The van der Waals surface area contributed by atoms with Gasteiger partial charge >= 0.3 is 0 Å². The molecule has 0 fully saturated rings. The van der Waals surface area contributed by atoms with Gasteiger partial charge in [-0.2, -0.15) is 0 Å². The molecule has 0 aromatic heterocycles. The van der Waals surface area contributed by atoms with Crippen molar-refractivity contribution in [3.05, 3.63) is 20.9 Å². The van der Waals surface area contributed by atoms with Crippen molar-refractivity contribution in [1.29, 1.82) is 0 Å². The first-order valence-corrected chi connectivity index (χ1v) is 5.67. The van der Waals surface area contributed by atoms with Gasteiger partial charge in [0.15, 0.2) is 0 Å². The van der Waals surface area contributed by atoms with Gasteiger partial charge in [0.05, 0.1) is 51.2 Å². The van der Waals surface area contributed by atoms with Crippen molar-refractivity contribution in [3.63, 3.8) is 0 Å². The van der Waals surface area contributed by atoms with E-state index in [4.69, 9.17) is 20.5 Å². The number of aliphatic hydroxyl groups excluding tert-OH is 2. The molecule has 3 unspecified atom stereocenters. The normalized spacial score (nSPS) is 14.9. The van der Waals surface area contributed by atoms with Gasteiger partial charge in [-0.05, 0) is 18.0 Å². The van der Waals surface area contributed by atoms with E-state index in [2.05, 4.69) is 20.1 Å². The van der Waals surface area contributed by atoms with E-state index < -0.39 is 12.2 Å². The third-order valence-corrected chi connectivity index (χ3v) is 1.95. The molecule has 19 heavy (non-hydrogen) atoms. The van der Waals surface area contributed by atoms with Crippen LogP contribution < -0.4 is 0 Å². The SMILES string of the molecule is CC(COCC(O)CN=[N+]=[N-])OCC(O)CN=[N+]=[N-]. The molecule has 2 N–H and O–H groups in total. The highest BCUT2D eigenvalue weighted by Crippen LogP contribution is 1.97. The highest BCUT2D eigenvalue weighted by molar-refractivity contribution is 4.61. The Morgan fingerprint density at radius 3 is 2.05 bits per heavy atom. The number of hydrogen-bond acceptors (Lipinski definition) is 6. The molecule has 0 aliphatic rings.